The van der Waals surface area contributed by atoms with E-state index < -0.39 is 0 Å². The molecule has 0 aliphatic heterocycles. The third-order valence-corrected chi connectivity index (χ3v) is 8.35. The van der Waals surface area contributed by atoms with Crippen LogP contribution in [0.2, 0.25) is 0 Å². The summed E-state index contributed by atoms with van der Waals surface area (Å²) in [6, 6.07) is 0. The topological polar surface area (TPSA) is 37.3 Å². The van der Waals surface area contributed by atoms with E-state index in [1.807, 2.05) is 0 Å². The summed E-state index contributed by atoms with van der Waals surface area (Å²) < 4.78 is 0. The highest BCUT2D eigenvalue weighted by Crippen LogP contribution is 2.65. The van der Waals surface area contributed by atoms with E-state index in [1.54, 1.807) is 0 Å². The molecule has 0 amide bonds. The van der Waals surface area contributed by atoms with Gasteiger partial charge in [0.05, 0.1) is 6.10 Å². The third-order valence-electron chi connectivity index (χ3n) is 8.35. The van der Waals surface area contributed by atoms with Gasteiger partial charge in [-0.05, 0) is 80.0 Å². The van der Waals surface area contributed by atoms with Crippen molar-refractivity contribution in [1.82, 2.24) is 0 Å². The summed E-state index contributed by atoms with van der Waals surface area (Å²) in [7, 11) is 0. The van der Waals surface area contributed by atoms with Gasteiger partial charge in [-0.15, -0.1) is 0 Å². The molecule has 118 valence electrons. The van der Waals surface area contributed by atoms with Crippen molar-refractivity contribution in [2.24, 2.45) is 34.5 Å². The van der Waals surface area contributed by atoms with Crippen LogP contribution in [0.15, 0.2) is 0 Å². The lowest BCUT2D eigenvalue weighted by molar-refractivity contribution is -0.150. The second-order valence-electron chi connectivity index (χ2n) is 8.97. The molecule has 4 aliphatic rings. The molecule has 0 aromatic rings. The highest BCUT2D eigenvalue weighted by atomic mass is 16.3. The van der Waals surface area contributed by atoms with Crippen molar-refractivity contribution >= 4 is 5.78 Å². The van der Waals surface area contributed by atoms with Crippen LogP contribution < -0.4 is 0 Å². The minimum atomic E-state index is -0.0815. The molecule has 0 spiro atoms. The van der Waals surface area contributed by atoms with Crippen LogP contribution in [0.5, 0.6) is 0 Å². The molecule has 7 unspecified atom stereocenters. The number of aliphatic hydroxyl groups is 1. The second kappa shape index (κ2) is 4.57. The number of fused-ring (bicyclic) bond motifs is 5. The van der Waals surface area contributed by atoms with E-state index in [2.05, 4.69) is 13.8 Å². The molecule has 0 radical (unpaired) electrons. The Bertz CT molecular complexity index is 458. The predicted octanol–water partition coefficient (Wildman–Crippen LogP) is 3.96. The molecule has 1 N–H and O–H groups in total. The number of Topliss-reactive ketones (excluding diaryl/α,β-unsaturated/α-hetero) is 1. The lowest BCUT2D eigenvalue weighted by Crippen LogP contribution is -2.55. The van der Waals surface area contributed by atoms with Crippen LogP contribution in [-0.4, -0.2) is 17.0 Å². The van der Waals surface area contributed by atoms with Gasteiger partial charge in [-0.25, -0.2) is 0 Å². The van der Waals surface area contributed by atoms with Gasteiger partial charge in [-0.2, -0.15) is 0 Å². The largest absolute Gasteiger partial charge is 0.393 e. The summed E-state index contributed by atoms with van der Waals surface area (Å²) in [5.41, 5.74) is 0.441. The van der Waals surface area contributed by atoms with Crippen LogP contribution in [-0.2, 0) is 4.79 Å². The highest BCUT2D eigenvalue weighted by molar-refractivity contribution is 5.82. The lowest BCUT2D eigenvalue weighted by atomic mass is 9.45. The second-order valence-corrected chi connectivity index (χ2v) is 8.97. The fourth-order valence-corrected chi connectivity index (χ4v) is 7.13. The minimum absolute atomic E-state index is 0.0815. The normalized spacial score (nSPS) is 56.5. The van der Waals surface area contributed by atoms with E-state index in [-0.39, 0.29) is 16.9 Å². The molecular weight excluding hydrogens is 260 g/mol. The van der Waals surface area contributed by atoms with E-state index in [9.17, 15) is 9.90 Å². The zero-order valence-corrected chi connectivity index (χ0v) is 13.6. The predicted molar refractivity (Wildman–Crippen MR) is 82.7 cm³/mol. The van der Waals surface area contributed by atoms with Crippen LogP contribution in [0.3, 0.4) is 0 Å². The zero-order valence-electron chi connectivity index (χ0n) is 13.6. The van der Waals surface area contributed by atoms with Crippen molar-refractivity contribution in [3.05, 3.63) is 0 Å². The Balaban J connectivity index is 1.66. The number of ketones is 1. The van der Waals surface area contributed by atoms with E-state index >= 15 is 0 Å². The molecule has 4 aliphatic carbocycles. The number of aliphatic hydroxyl groups excluding tert-OH is 1. The Morgan fingerprint density at radius 1 is 0.952 bits per heavy atom. The summed E-state index contributed by atoms with van der Waals surface area (Å²) in [5.74, 6) is 3.13. The number of carbonyl (C=O) groups excluding carboxylic acids is 1. The zero-order chi connectivity index (χ0) is 14.8. The van der Waals surface area contributed by atoms with E-state index in [4.69, 9.17) is 0 Å². The smallest absolute Gasteiger partial charge is 0.136 e. The molecule has 0 saturated heterocycles. The number of rotatable bonds is 0. The summed E-state index contributed by atoms with van der Waals surface area (Å²) in [4.78, 5) is 12.4. The van der Waals surface area contributed by atoms with Crippen molar-refractivity contribution < 1.29 is 9.90 Å². The van der Waals surface area contributed by atoms with Crippen LogP contribution in [0.4, 0.5) is 0 Å². The molecule has 2 nitrogen and oxygen atoms in total. The van der Waals surface area contributed by atoms with Gasteiger partial charge in [0.25, 0.3) is 0 Å². The van der Waals surface area contributed by atoms with Gasteiger partial charge in [-0.3, -0.25) is 4.79 Å². The van der Waals surface area contributed by atoms with Crippen molar-refractivity contribution in [2.45, 2.75) is 77.7 Å². The Kier molecular flexibility index (Phi) is 3.10. The first-order chi connectivity index (χ1) is 9.97. The van der Waals surface area contributed by atoms with E-state index in [0.717, 1.165) is 37.5 Å². The van der Waals surface area contributed by atoms with Crippen molar-refractivity contribution in [2.75, 3.05) is 0 Å². The lowest BCUT2D eigenvalue weighted by Gasteiger charge is -2.59. The molecule has 4 fully saturated rings. The van der Waals surface area contributed by atoms with Gasteiger partial charge in [0, 0.05) is 12.3 Å². The Morgan fingerprint density at radius 3 is 2.52 bits per heavy atom. The van der Waals surface area contributed by atoms with Crippen molar-refractivity contribution in [1.29, 1.82) is 0 Å². The average Bonchev–Trinajstić information content (AvgIpc) is 2.75. The van der Waals surface area contributed by atoms with E-state index in [0.29, 0.717) is 17.6 Å². The summed E-state index contributed by atoms with van der Waals surface area (Å²) in [5, 5.41) is 10.5. The Morgan fingerprint density at radius 2 is 1.71 bits per heavy atom. The molecule has 4 saturated carbocycles. The summed E-state index contributed by atoms with van der Waals surface area (Å²) >= 11 is 0. The van der Waals surface area contributed by atoms with Gasteiger partial charge in [0.1, 0.15) is 5.78 Å². The molecule has 0 heterocycles. The van der Waals surface area contributed by atoms with Gasteiger partial charge in [0.15, 0.2) is 0 Å². The standard InChI is InChI=1S/C19H30O2/c1-18-10-3-4-16(20)15(18)6-5-12-13-7-8-17(21)19(13,2)11-9-14(12)18/h12-15,17,21H,3-11H2,1-2H3. The Hall–Kier alpha value is -0.370. The number of carbonyl (C=O) groups is 1. The summed E-state index contributed by atoms with van der Waals surface area (Å²) in [6.45, 7) is 4.77. The van der Waals surface area contributed by atoms with Gasteiger partial charge in [-0.1, -0.05) is 13.8 Å². The summed E-state index contributed by atoms with van der Waals surface area (Å²) in [6.07, 6.45) is 10.1. The first-order valence-electron chi connectivity index (χ1n) is 9.17. The maximum Gasteiger partial charge on any atom is 0.136 e. The van der Waals surface area contributed by atoms with Crippen molar-refractivity contribution in [3.8, 4) is 0 Å². The average molecular weight is 290 g/mol. The molecule has 2 heteroatoms. The van der Waals surface area contributed by atoms with Crippen LogP contribution >= 0.6 is 0 Å². The monoisotopic (exact) mass is 290 g/mol. The molecule has 0 aromatic heterocycles. The number of hydrogen-bond donors (Lipinski definition) is 1. The van der Waals surface area contributed by atoms with Gasteiger partial charge < -0.3 is 5.11 Å². The third kappa shape index (κ3) is 1.77. The molecule has 21 heavy (non-hydrogen) atoms. The first kappa shape index (κ1) is 14.2. The van der Waals surface area contributed by atoms with E-state index in [1.165, 1.54) is 32.1 Å². The number of hydrogen-bond acceptors (Lipinski definition) is 2. The maximum atomic E-state index is 12.4. The van der Waals surface area contributed by atoms with Crippen molar-refractivity contribution in [3.63, 3.8) is 0 Å². The SMILES string of the molecule is CC12CCC3C(CCC4C(=O)CCCC43C)C1CCC2O. The fraction of sp³-hybridized carbons (Fsp3) is 0.947. The van der Waals surface area contributed by atoms with Crippen LogP contribution in [0, 0.1) is 34.5 Å². The maximum absolute atomic E-state index is 12.4. The van der Waals surface area contributed by atoms with Crippen LogP contribution in [0.25, 0.3) is 0 Å². The highest BCUT2D eigenvalue weighted by Gasteiger charge is 2.60. The first-order valence-corrected chi connectivity index (χ1v) is 9.17. The van der Waals surface area contributed by atoms with Crippen LogP contribution in [0.1, 0.15) is 71.6 Å². The Labute approximate surface area is 128 Å². The molecule has 0 bridgehead atoms. The molecular formula is C19H30O2. The minimum Gasteiger partial charge on any atom is -0.393 e. The molecule has 4 rings (SSSR count). The molecule has 7 atom stereocenters. The van der Waals surface area contributed by atoms with Gasteiger partial charge in [0.2, 0.25) is 0 Å². The fourth-order valence-electron chi connectivity index (χ4n) is 7.13. The van der Waals surface area contributed by atoms with Gasteiger partial charge >= 0.3 is 0 Å². The molecule has 0 aromatic carbocycles. The quantitative estimate of drug-likeness (QED) is 0.733.